The Morgan fingerprint density at radius 3 is 2.17 bits per heavy atom. The lowest BCUT2D eigenvalue weighted by molar-refractivity contribution is -0.143. The van der Waals surface area contributed by atoms with Crippen molar-refractivity contribution in [1.29, 1.82) is 0 Å². The molecule has 0 aromatic heterocycles. The van der Waals surface area contributed by atoms with Crippen molar-refractivity contribution in [1.82, 2.24) is 4.90 Å². The fraction of sp³-hybridized carbons (Fsp3) is 0.409. The molecule has 3 rings (SSSR count). The number of hydrogen-bond donors (Lipinski definition) is 1. The van der Waals surface area contributed by atoms with Crippen molar-refractivity contribution in [3.63, 3.8) is 0 Å². The Balaban J connectivity index is 2.11. The smallest absolute Gasteiger partial charge is 0.306 e. The Morgan fingerprint density at radius 2 is 1.67 bits per heavy atom. The van der Waals surface area contributed by atoms with Crippen molar-refractivity contribution >= 4 is 29.2 Å². The minimum atomic E-state index is -0.750. The highest BCUT2D eigenvalue weighted by atomic mass is 35.5. The van der Waals surface area contributed by atoms with Gasteiger partial charge in [-0.1, -0.05) is 35.3 Å². The molecule has 0 bridgehead atoms. The van der Waals surface area contributed by atoms with E-state index in [1.54, 1.807) is 27.4 Å². The second-order valence-electron chi connectivity index (χ2n) is 7.15. The van der Waals surface area contributed by atoms with Crippen LogP contribution in [0.2, 0.25) is 10.0 Å². The number of piperidine rings is 1. The molecule has 1 N–H and O–H groups in total. The van der Waals surface area contributed by atoms with Crippen molar-refractivity contribution in [2.75, 3.05) is 34.4 Å². The summed E-state index contributed by atoms with van der Waals surface area (Å²) >= 11 is 12.9. The van der Waals surface area contributed by atoms with Crippen LogP contribution >= 0.6 is 23.2 Å². The van der Waals surface area contributed by atoms with E-state index in [1.807, 2.05) is 24.3 Å². The quantitative estimate of drug-likeness (QED) is 0.642. The number of methoxy groups -OCH3 is 3. The number of likely N-dealkylation sites (tertiary alicyclic amines) is 1. The van der Waals surface area contributed by atoms with E-state index in [4.69, 9.17) is 37.4 Å². The highest BCUT2D eigenvalue weighted by molar-refractivity contribution is 6.42. The van der Waals surface area contributed by atoms with Gasteiger partial charge in [-0.25, -0.2) is 0 Å². The largest absolute Gasteiger partial charge is 0.493 e. The van der Waals surface area contributed by atoms with Gasteiger partial charge in [-0.05, 0) is 55.3 Å². The first kappa shape index (κ1) is 22.5. The summed E-state index contributed by atoms with van der Waals surface area (Å²) in [6.45, 7) is 1.22. The summed E-state index contributed by atoms with van der Waals surface area (Å²) in [5.74, 6) is 0.492. The van der Waals surface area contributed by atoms with Crippen LogP contribution in [-0.4, -0.2) is 50.4 Å². The monoisotopic (exact) mass is 453 g/mol. The lowest BCUT2D eigenvalue weighted by atomic mass is 9.91. The molecule has 162 valence electrons. The van der Waals surface area contributed by atoms with Crippen LogP contribution in [0.4, 0.5) is 0 Å². The summed E-state index contributed by atoms with van der Waals surface area (Å²) in [5, 5.41) is 10.3. The van der Waals surface area contributed by atoms with Gasteiger partial charge in [-0.15, -0.1) is 0 Å². The second-order valence-corrected chi connectivity index (χ2v) is 7.94. The molecule has 1 heterocycles. The van der Waals surface area contributed by atoms with Gasteiger partial charge >= 0.3 is 5.97 Å². The summed E-state index contributed by atoms with van der Waals surface area (Å²) in [7, 11) is 4.70. The molecular weight excluding hydrogens is 429 g/mol. The van der Waals surface area contributed by atoms with Gasteiger partial charge in [0.2, 0.25) is 5.75 Å². The molecule has 6 nitrogen and oxygen atoms in total. The molecule has 2 aromatic carbocycles. The number of nitrogens with zero attached hydrogens (tertiary/aromatic N) is 1. The first-order chi connectivity index (χ1) is 14.4. The number of rotatable bonds is 7. The van der Waals surface area contributed by atoms with E-state index in [9.17, 15) is 9.90 Å². The minimum Gasteiger partial charge on any atom is -0.493 e. The molecule has 30 heavy (non-hydrogen) atoms. The maximum atomic E-state index is 11.4. The van der Waals surface area contributed by atoms with E-state index in [0.717, 1.165) is 11.1 Å². The summed E-state index contributed by atoms with van der Waals surface area (Å²) in [4.78, 5) is 13.6. The molecule has 0 aliphatic carbocycles. The lowest BCUT2D eigenvalue weighted by Crippen LogP contribution is -2.39. The van der Waals surface area contributed by atoms with Crippen molar-refractivity contribution in [3.8, 4) is 17.2 Å². The zero-order valence-electron chi connectivity index (χ0n) is 17.2. The molecule has 1 unspecified atom stereocenters. The second kappa shape index (κ2) is 9.77. The molecule has 2 aromatic rings. The summed E-state index contributed by atoms with van der Waals surface area (Å²) in [6.07, 6.45) is 1.13. The van der Waals surface area contributed by atoms with Gasteiger partial charge in [0.05, 0.1) is 43.3 Å². The molecule has 1 aliphatic heterocycles. The van der Waals surface area contributed by atoms with E-state index < -0.39 is 5.97 Å². The third-order valence-electron chi connectivity index (χ3n) is 5.52. The van der Waals surface area contributed by atoms with Crippen LogP contribution in [-0.2, 0) is 4.79 Å². The molecule has 8 heteroatoms. The van der Waals surface area contributed by atoms with Crippen LogP contribution in [0.25, 0.3) is 0 Å². The number of carboxylic acids is 1. The Bertz CT molecular complexity index is 887. The molecular formula is C22H25Cl2NO5. The van der Waals surface area contributed by atoms with E-state index in [1.165, 1.54) is 0 Å². The van der Waals surface area contributed by atoms with Gasteiger partial charge in [0, 0.05) is 0 Å². The van der Waals surface area contributed by atoms with Gasteiger partial charge in [0.1, 0.15) is 0 Å². The van der Waals surface area contributed by atoms with Gasteiger partial charge in [0.15, 0.2) is 11.5 Å². The normalized spacial score (nSPS) is 16.2. The van der Waals surface area contributed by atoms with Crippen molar-refractivity contribution in [2.24, 2.45) is 5.92 Å². The van der Waals surface area contributed by atoms with Crippen LogP contribution in [0, 0.1) is 5.92 Å². The summed E-state index contributed by atoms with van der Waals surface area (Å²) in [6, 6.07) is 9.08. The van der Waals surface area contributed by atoms with Gasteiger partial charge in [-0.3, -0.25) is 9.69 Å². The number of aliphatic carboxylic acids is 1. The van der Waals surface area contributed by atoms with Crippen LogP contribution in [0.1, 0.15) is 30.0 Å². The topological polar surface area (TPSA) is 68.2 Å². The predicted molar refractivity (Wildman–Crippen MR) is 116 cm³/mol. The summed E-state index contributed by atoms with van der Waals surface area (Å²) < 4.78 is 16.5. The van der Waals surface area contributed by atoms with E-state index in [2.05, 4.69) is 4.90 Å². The maximum absolute atomic E-state index is 11.4. The van der Waals surface area contributed by atoms with E-state index in [0.29, 0.717) is 53.2 Å². The Hall–Kier alpha value is -2.15. The minimum absolute atomic E-state index is 0.250. The van der Waals surface area contributed by atoms with Gasteiger partial charge < -0.3 is 19.3 Å². The number of halogens is 2. The molecule has 0 saturated carbocycles. The SMILES string of the molecule is COc1cc(C(c2cccc(Cl)c2Cl)N2CCC(C(=O)O)CC2)cc(OC)c1OC. The Kier molecular flexibility index (Phi) is 7.34. The Labute approximate surface area is 186 Å². The molecule has 0 radical (unpaired) electrons. The van der Waals surface area contributed by atoms with Crippen molar-refractivity contribution in [3.05, 3.63) is 51.5 Å². The predicted octanol–water partition coefficient (Wildman–Crippen LogP) is 4.91. The van der Waals surface area contributed by atoms with Crippen LogP contribution in [0.3, 0.4) is 0 Å². The zero-order valence-corrected chi connectivity index (χ0v) is 18.7. The van der Waals surface area contributed by atoms with Crippen LogP contribution < -0.4 is 14.2 Å². The number of hydrogen-bond acceptors (Lipinski definition) is 5. The number of carbonyl (C=O) groups is 1. The lowest BCUT2D eigenvalue weighted by Gasteiger charge is -2.37. The zero-order chi connectivity index (χ0) is 21.8. The fourth-order valence-corrected chi connectivity index (χ4v) is 4.39. The third kappa shape index (κ3) is 4.46. The molecule has 1 saturated heterocycles. The highest BCUT2D eigenvalue weighted by Crippen LogP contribution is 2.44. The standard InChI is InChI=1S/C22H25Cl2NO5/c1-28-17-11-14(12-18(29-2)21(17)30-3)20(15-5-4-6-16(23)19(15)24)25-9-7-13(8-10-25)22(26)27/h4-6,11-13,20H,7-10H2,1-3H3,(H,26,27). The van der Waals surface area contributed by atoms with Crippen molar-refractivity contribution in [2.45, 2.75) is 18.9 Å². The maximum Gasteiger partial charge on any atom is 0.306 e. The number of carboxylic acid groups (broad SMARTS) is 1. The molecule has 0 spiro atoms. The first-order valence-electron chi connectivity index (χ1n) is 9.61. The molecule has 1 fully saturated rings. The van der Waals surface area contributed by atoms with Gasteiger partial charge in [0.25, 0.3) is 0 Å². The molecule has 1 aliphatic rings. The third-order valence-corrected chi connectivity index (χ3v) is 6.36. The Morgan fingerprint density at radius 1 is 1.07 bits per heavy atom. The number of benzene rings is 2. The van der Waals surface area contributed by atoms with Crippen LogP contribution in [0.15, 0.2) is 30.3 Å². The first-order valence-corrected chi connectivity index (χ1v) is 10.4. The molecule has 0 amide bonds. The van der Waals surface area contributed by atoms with Crippen molar-refractivity contribution < 1.29 is 24.1 Å². The average Bonchev–Trinajstić information content (AvgIpc) is 2.76. The van der Waals surface area contributed by atoms with Crippen LogP contribution in [0.5, 0.6) is 17.2 Å². The highest BCUT2D eigenvalue weighted by Gasteiger charge is 2.32. The fourth-order valence-electron chi connectivity index (χ4n) is 3.98. The summed E-state index contributed by atoms with van der Waals surface area (Å²) in [5.41, 5.74) is 1.73. The average molecular weight is 454 g/mol. The number of ether oxygens (including phenoxy) is 3. The van der Waals surface area contributed by atoms with E-state index >= 15 is 0 Å². The van der Waals surface area contributed by atoms with Gasteiger partial charge in [-0.2, -0.15) is 0 Å². The van der Waals surface area contributed by atoms with E-state index in [-0.39, 0.29) is 12.0 Å². The molecule has 1 atom stereocenters.